The van der Waals surface area contributed by atoms with Crippen molar-refractivity contribution in [2.75, 3.05) is 11.5 Å². The minimum Gasteiger partial charge on any atom is -0.316 e. The lowest BCUT2D eigenvalue weighted by molar-refractivity contribution is 0.161. The van der Waals surface area contributed by atoms with E-state index in [2.05, 4.69) is 11.5 Å². The zero-order chi connectivity index (χ0) is 11.4. The third-order valence-electron chi connectivity index (χ3n) is 3.01. The average Bonchev–Trinajstić information content (AvgIpc) is 2.31. The van der Waals surface area contributed by atoms with E-state index in [0.717, 1.165) is 10.6 Å². The number of hydroxylamine groups is 1. The molecule has 0 amide bonds. The zero-order valence-electron chi connectivity index (χ0n) is 9.08. The molecule has 1 fully saturated rings. The van der Waals surface area contributed by atoms with Crippen molar-refractivity contribution in [2.24, 2.45) is 0 Å². The van der Waals surface area contributed by atoms with E-state index >= 15 is 0 Å². The second kappa shape index (κ2) is 5.92. The first-order chi connectivity index (χ1) is 7.81. The van der Waals surface area contributed by atoms with Gasteiger partial charge in [-0.25, -0.2) is 5.48 Å². The summed E-state index contributed by atoms with van der Waals surface area (Å²) < 4.78 is 0. The quantitative estimate of drug-likeness (QED) is 0.814. The Morgan fingerprint density at radius 2 is 2.12 bits per heavy atom. The van der Waals surface area contributed by atoms with E-state index < -0.39 is 0 Å². The van der Waals surface area contributed by atoms with Crippen molar-refractivity contribution in [1.29, 1.82) is 0 Å². The first kappa shape index (κ1) is 12.2. The van der Waals surface area contributed by atoms with E-state index in [0.29, 0.717) is 12.5 Å². The van der Waals surface area contributed by atoms with Crippen LogP contribution in [0.1, 0.15) is 29.9 Å². The molecule has 1 heterocycles. The van der Waals surface area contributed by atoms with Crippen molar-refractivity contribution in [2.45, 2.75) is 25.3 Å². The Morgan fingerprint density at radius 1 is 1.38 bits per heavy atom. The molecule has 0 radical (unpaired) electrons. The predicted octanol–water partition coefficient (Wildman–Crippen LogP) is 3.43. The number of hydrogen-bond acceptors (Lipinski definition) is 3. The van der Waals surface area contributed by atoms with Crippen molar-refractivity contribution >= 4 is 23.4 Å². The third kappa shape index (κ3) is 2.92. The molecule has 0 spiro atoms. The maximum Gasteiger partial charge on any atom is 0.0458 e. The average molecular weight is 258 g/mol. The fraction of sp³-hybridized carbons (Fsp3) is 0.500. The second-order valence-electron chi connectivity index (χ2n) is 4.08. The molecule has 0 aromatic heterocycles. The number of halogens is 1. The lowest BCUT2D eigenvalue weighted by Gasteiger charge is -2.23. The molecular weight excluding hydrogens is 242 g/mol. The molecule has 2 N–H and O–H groups in total. The maximum atomic E-state index is 8.63. The minimum atomic E-state index is 0.445. The van der Waals surface area contributed by atoms with Gasteiger partial charge in [0.2, 0.25) is 0 Å². The van der Waals surface area contributed by atoms with E-state index in [4.69, 9.17) is 16.8 Å². The summed E-state index contributed by atoms with van der Waals surface area (Å²) in [6, 6.07) is 6.09. The first-order valence-electron chi connectivity index (χ1n) is 5.54. The molecule has 1 aromatic carbocycles. The summed E-state index contributed by atoms with van der Waals surface area (Å²) in [7, 11) is 0. The largest absolute Gasteiger partial charge is 0.316 e. The molecule has 0 atom stereocenters. The summed E-state index contributed by atoms with van der Waals surface area (Å²) in [5.41, 5.74) is 4.43. The molecule has 16 heavy (non-hydrogen) atoms. The highest BCUT2D eigenvalue weighted by Gasteiger charge is 2.18. The highest BCUT2D eigenvalue weighted by molar-refractivity contribution is 7.99. The van der Waals surface area contributed by atoms with Gasteiger partial charge >= 0.3 is 0 Å². The molecule has 4 heteroatoms. The standard InChI is InChI=1S/C12H16ClNOS/c13-12-7-9(8-14-15)1-2-11(12)10-3-5-16-6-4-10/h1-2,7,10,14-15H,3-6,8H2. The molecule has 1 aromatic rings. The van der Waals surface area contributed by atoms with Crippen LogP contribution in [0.25, 0.3) is 0 Å². The SMILES string of the molecule is ONCc1ccc(C2CCSCC2)c(Cl)c1. The maximum absolute atomic E-state index is 8.63. The molecule has 0 bridgehead atoms. The van der Waals surface area contributed by atoms with Gasteiger partial charge in [-0.05, 0) is 47.5 Å². The van der Waals surface area contributed by atoms with Gasteiger partial charge in [0.1, 0.15) is 0 Å². The van der Waals surface area contributed by atoms with Gasteiger partial charge in [-0.1, -0.05) is 23.7 Å². The Bertz CT molecular complexity index is 353. The van der Waals surface area contributed by atoms with Gasteiger partial charge in [0.15, 0.2) is 0 Å². The monoisotopic (exact) mass is 257 g/mol. The lowest BCUT2D eigenvalue weighted by atomic mass is 9.93. The van der Waals surface area contributed by atoms with Gasteiger partial charge in [0.05, 0.1) is 0 Å². The van der Waals surface area contributed by atoms with Crippen LogP contribution in [0, 0.1) is 0 Å². The fourth-order valence-electron chi connectivity index (χ4n) is 2.11. The molecule has 1 aliphatic rings. The van der Waals surface area contributed by atoms with Gasteiger partial charge in [-0.15, -0.1) is 0 Å². The number of hydrogen-bond donors (Lipinski definition) is 2. The van der Waals surface area contributed by atoms with Crippen molar-refractivity contribution in [3.05, 3.63) is 34.3 Å². The van der Waals surface area contributed by atoms with Crippen molar-refractivity contribution in [3.63, 3.8) is 0 Å². The van der Waals surface area contributed by atoms with Crippen molar-refractivity contribution in [3.8, 4) is 0 Å². The lowest BCUT2D eigenvalue weighted by Crippen LogP contribution is -2.10. The Morgan fingerprint density at radius 3 is 2.75 bits per heavy atom. The molecule has 1 aliphatic heterocycles. The highest BCUT2D eigenvalue weighted by Crippen LogP contribution is 2.35. The summed E-state index contributed by atoms with van der Waals surface area (Å²) in [5.74, 6) is 3.09. The van der Waals surface area contributed by atoms with Crippen LogP contribution < -0.4 is 5.48 Å². The molecule has 0 aliphatic carbocycles. The topological polar surface area (TPSA) is 32.3 Å². The zero-order valence-corrected chi connectivity index (χ0v) is 10.7. The van der Waals surface area contributed by atoms with Gasteiger partial charge in [0, 0.05) is 11.6 Å². The first-order valence-corrected chi connectivity index (χ1v) is 7.07. The molecule has 88 valence electrons. The van der Waals surface area contributed by atoms with Gasteiger partial charge in [-0.2, -0.15) is 11.8 Å². The number of benzene rings is 1. The summed E-state index contributed by atoms with van der Waals surface area (Å²) >= 11 is 8.31. The van der Waals surface area contributed by atoms with Gasteiger partial charge in [-0.3, -0.25) is 0 Å². The molecule has 2 rings (SSSR count). The van der Waals surface area contributed by atoms with Crippen LogP contribution in [0.2, 0.25) is 5.02 Å². The van der Waals surface area contributed by atoms with Crippen LogP contribution in [0.5, 0.6) is 0 Å². The van der Waals surface area contributed by atoms with Crippen molar-refractivity contribution < 1.29 is 5.21 Å². The van der Waals surface area contributed by atoms with Gasteiger partial charge in [0.25, 0.3) is 0 Å². The highest BCUT2D eigenvalue weighted by atomic mass is 35.5. The van der Waals surface area contributed by atoms with Crippen LogP contribution >= 0.6 is 23.4 Å². The minimum absolute atomic E-state index is 0.445. The molecule has 0 saturated carbocycles. The predicted molar refractivity (Wildman–Crippen MR) is 69.4 cm³/mol. The summed E-state index contributed by atoms with van der Waals surface area (Å²) in [4.78, 5) is 0. The number of rotatable bonds is 3. The van der Waals surface area contributed by atoms with Crippen LogP contribution in [0.15, 0.2) is 18.2 Å². The summed E-state index contributed by atoms with van der Waals surface area (Å²) in [6.07, 6.45) is 2.45. The van der Waals surface area contributed by atoms with E-state index in [9.17, 15) is 0 Å². The fourth-order valence-corrected chi connectivity index (χ4v) is 3.58. The normalized spacial score (nSPS) is 17.6. The van der Waals surface area contributed by atoms with Gasteiger partial charge < -0.3 is 5.21 Å². The number of thioether (sulfide) groups is 1. The van der Waals surface area contributed by atoms with E-state index in [1.807, 2.05) is 23.9 Å². The molecule has 1 saturated heterocycles. The Hall–Kier alpha value is -0.220. The number of nitrogens with one attached hydrogen (secondary N) is 1. The molecule has 0 unspecified atom stereocenters. The Labute approximate surface area is 105 Å². The second-order valence-corrected chi connectivity index (χ2v) is 5.71. The molecule has 2 nitrogen and oxygen atoms in total. The van der Waals surface area contributed by atoms with Crippen LogP contribution in [0.3, 0.4) is 0 Å². The van der Waals surface area contributed by atoms with E-state index in [1.165, 1.54) is 29.9 Å². The Balaban J connectivity index is 2.14. The summed E-state index contributed by atoms with van der Waals surface area (Å²) in [6.45, 7) is 0.445. The summed E-state index contributed by atoms with van der Waals surface area (Å²) in [5, 5.41) is 9.47. The van der Waals surface area contributed by atoms with Crippen LogP contribution in [0.4, 0.5) is 0 Å². The third-order valence-corrected chi connectivity index (χ3v) is 4.39. The van der Waals surface area contributed by atoms with E-state index in [1.54, 1.807) is 0 Å². The van der Waals surface area contributed by atoms with Crippen LogP contribution in [-0.2, 0) is 6.54 Å². The van der Waals surface area contributed by atoms with Crippen LogP contribution in [-0.4, -0.2) is 16.7 Å². The van der Waals surface area contributed by atoms with E-state index in [-0.39, 0.29) is 0 Å². The van der Waals surface area contributed by atoms with Crippen molar-refractivity contribution in [1.82, 2.24) is 5.48 Å². The smallest absolute Gasteiger partial charge is 0.0458 e. The Kier molecular flexibility index (Phi) is 4.53. The molecular formula is C12H16ClNOS.